The van der Waals surface area contributed by atoms with E-state index in [0.717, 1.165) is 19.3 Å². The normalized spacial score (nSPS) is 24.5. The third kappa shape index (κ3) is 4.63. The van der Waals surface area contributed by atoms with E-state index in [1.807, 2.05) is 6.92 Å². The van der Waals surface area contributed by atoms with E-state index in [-0.39, 0.29) is 17.6 Å². The van der Waals surface area contributed by atoms with Crippen molar-refractivity contribution in [1.82, 2.24) is 0 Å². The highest BCUT2D eigenvalue weighted by atomic mass is 19.4. The smallest absolute Gasteiger partial charge is 0.422 e. The van der Waals surface area contributed by atoms with Crippen LogP contribution in [0.5, 0.6) is 5.75 Å². The molecule has 1 amide bonds. The Balaban J connectivity index is 2.10. The molecule has 1 fully saturated rings. The standard InChI is InChI=1S/C17H23F3N2O2/c1-11-13(7-5-8-14(11)24-10-17(18,19)20)22-15(23)12-6-3-4-9-16(12,2)21/h5,7-8,12H,3-4,6,9-10,21H2,1-2H3,(H,22,23). The Morgan fingerprint density at radius 2 is 2.12 bits per heavy atom. The van der Waals surface area contributed by atoms with E-state index < -0.39 is 18.3 Å². The van der Waals surface area contributed by atoms with Gasteiger partial charge in [0.15, 0.2) is 6.61 Å². The van der Waals surface area contributed by atoms with Crippen LogP contribution in [-0.2, 0) is 4.79 Å². The molecule has 0 bridgehead atoms. The van der Waals surface area contributed by atoms with Crippen molar-refractivity contribution >= 4 is 11.6 Å². The Bertz CT molecular complexity index is 600. The van der Waals surface area contributed by atoms with Gasteiger partial charge in [0.2, 0.25) is 5.91 Å². The van der Waals surface area contributed by atoms with Crippen molar-refractivity contribution in [2.45, 2.75) is 51.2 Å². The van der Waals surface area contributed by atoms with Gasteiger partial charge in [-0.2, -0.15) is 13.2 Å². The second-order valence-corrected chi connectivity index (χ2v) is 6.63. The number of hydrogen-bond acceptors (Lipinski definition) is 3. The Kier molecular flexibility index (Phi) is 5.42. The number of carbonyl (C=O) groups excluding carboxylic acids is 1. The molecule has 0 spiro atoms. The van der Waals surface area contributed by atoms with Crippen molar-refractivity contribution in [1.29, 1.82) is 0 Å². The maximum atomic E-state index is 12.6. The van der Waals surface area contributed by atoms with Crippen LogP contribution in [0.25, 0.3) is 0 Å². The zero-order chi connectivity index (χ0) is 18.0. The SMILES string of the molecule is Cc1c(NC(=O)C2CCCCC2(C)N)cccc1OCC(F)(F)F. The van der Waals surface area contributed by atoms with Crippen LogP contribution >= 0.6 is 0 Å². The molecule has 2 atom stereocenters. The van der Waals surface area contributed by atoms with E-state index in [1.165, 1.54) is 6.07 Å². The summed E-state index contributed by atoms with van der Waals surface area (Å²) in [5.41, 5.74) is 6.57. The first kappa shape index (κ1) is 18.6. The van der Waals surface area contributed by atoms with Gasteiger partial charge in [-0.25, -0.2) is 0 Å². The van der Waals surface area contributed by atoms with Gasteiger partial charge in [-0.05, 0) is 38.8 Å². The number of carbonyl (C=O) groups is 1. The molecule has 1 aliphatic carbocycles. The number of alkyl halides is 3. The molecule has 0 aromatic heterocycles. The minimum Gasteiger partial charge on any atom is -0.484 e. The van der Waals surface area contributed by atoms with E-state index in [9.17, 15) is 18.0 Å². The van der Waals surface area contributed by atoms with Gasteiger partial charge >= 0.3 is 6.18 Å². The Morgan fingerprint density at radius 3 is 2.75 bits per heavy atom. The van der Waals surface area contributed by atoms with Crippen molar-refractivity contribution in [2.75, 3.05) is 11.9 Å². The lowest BCUT2D eigenvalue weighted by Crippen LogP contribution is -2.51. The summed E-state index contributed by atoms with van der Waals surface area (Å²) in [5, 5.41) is 2.79. The summed E-state index contributed by atoms with van der Waals surface area (Å²) in [4.78, 5) is 12.6. The van der Waals surface area contributed by atoms with E-state index in [1.54, 1.807) is 19.1 Å². The van der Waals surface area contributed by atoms with Crippen LogP contribution in [0.4, 0.5) is 18.9 Å². The summed E-state index contributed by atoms with van der Waals surface area (Å²) < 4.78 is 41.7. The highest BCUT2D eigenvalue weighted by Gasteiger charge is 2.38. The molecular weight excluding hydrogens is 321 g/mol. The third-order valence-electron chi connectivity index (χ3n) is 4.50. The maximum absolute atomic E-state index is 12.6. The lowest BCUT2D eigenvalue weighted by atomic mass is 9.74. The zero-order valence-electron chi connectivity index (χ0n) is 13.9. The fraction of sp³-hybridized carbons (Fsp3) is 0.588. The van der Waals surface area contributed by atoms with Crippen LogP contribution in [0.3, 0.4) is 0 Å². The highest BCUT2D eigenvalue weighted by molar-refractivity contribution is 5.94. The molecule has 1 aliphatic rings. The van der Waals surface area contributed by atoms with Gasteiger partial charge in [0.1, 0.15) is 5.75 Å². The third-order valence-corrected chi connectivity index (χ3v) is 4.50. The van der Waals surface area contributed by atoms with E-state index in [4.69, 9.17) is 10.5 Å². The summed E-state index contributed by atoms with van der Waals surface area (Å²) in [6.45, 7) is 2.12. The molecular formula is C17H23F3N2O2. The van der Waals surface area contributed by atoms with Crippen molar-refractivity contribution in [2.24, 2.45) is 11.7 Å². The first-order valence-electron chi connectivity index (χ1n) is 7.99. The molecule has 1 aromatic carbocycles. The Hall–Kier alpha value is -1.76. The summed E-state index contributed by atoms with van der Waals surface area (Å²) in [6.07, 6.45) is -0.981. The molecule has 134 valence electrons. The molecule has 0 heterocycles. The number of halogens is 3. The molecule has 4 nitrogen and oxygen atoms in total. The quantitative estimate of drug-likeness (QED) is 0.874. The molecule has 7 heteroatoms. The van der Waals surface area contributed by atoms with Crippen LogP contribution < -0.4 is 15.8 Å². The predicted octanol–water partition coefficient (Wildman–Crippen LogP) is 3.78. The first-order chi connectivity index (χ1) is 11.1. The second-order valence-electron chi connectivity index (χ2n) is 6.63. The molecule has 1 aromatic rings. The number of anilines is 1. The average molecular weight is 344 g/mol. The molecule has 0 radical (unpaired) electrons. The average Bonchev–Trinajstić information content (AvgIpc) is 2.46. The molecule has 0 aliphatic heterocycles. The Labute approximate surface area is 139 Å². The van der Waals surface area contributed by atoms with E-state index >= 15 is 0 Å². The van der Waals surface area contributed by atoms with Gasteiger partial charge in [-0.1, -0.05) is 18.9 Å². The fourth-order valence-electron chi connectivity index (χ4n) is 3.07. The van der Waals surface area contributed by atoms with Crippen molar-refractivity contribution in [3.05, 3.63) is 23.8 Å². The highest BCUT2D eigenvalue weighted by Crippen LogP contribution is 2.33. The number of ether oxygens (including phenoxy) is 1. The Morgan fingerprint density at radius 1 is 1.42 bits per heavy atom. The number of nitrogens with two attached hydrogens (primary N) is 1. The number of hydrogen-bond donors (Lipinski definition) is 2. The lowest BCUT2D eigenvalue weighted by molar-refractivity contribution is -0.153. The number of amides is 1. The maximum Gasteiger partial charge on any atom is 0.422 e. The molecule has 2 rings (SSSR count). The van der Waals surface area contributed by atoms with Crippen molar-refractivity contribution < 1.29 is 22.7 Å². The van der Waals surface area contributed by atoms with Crippen LogP contribution in [0.2, 0.25) is 0 Å². The molecule has 24 heavy (non-hydrogen) atoms. The summed E-state index contributed by atoms with van der Waals surface area (Å²) in [5.74, 6) is -0.412. The van der Waals surface area contributed by atoms with E-state index in [2.05, 4.69) is 5.32 Å². The van der Waals surface area contributed by atoms with Gasteiger partial charge in [0, 0.05) is 16.8 Å². The molecule has 0 saturated heterocycles. The first-order valence-corrected chi connectivity index (χ1v) is 7.99. The van der Waals surface area contributed by atoms with Crippen LogP contribution in [0.15, 0.2) is 18.2 Å². The fourth-order valence-corrected chi connectivity index (χ4v) is 3.07. The van der Waals surface area contributed by atoms with Crippen molar-refractivity contribution in [3.8, 4) is 5.75 Å². The number of nitrogens with one attached hydrogen (secondary N) is 1. The predicted molar refractivity (Wildman–Crippen MR) is 85.9 cm³/mol. The van der Waals surface area contributed by atoms with Gasteiger partial charge in [0.05, 0.1) is 5.92 Å². The molecule has 1 saturated carbocycles. The van der Waals surface area contributed by atoms with Gasteiger partial charge in [0.25, 0.3) is 0 Å². The largest absolute Gasteiger partial charge is 0.484 e. The topological polar surface area (TPSA) is 64.4 Å². The minimum absolute atomic E-state index is 0.101. The van der Waals surface area contributed by atoms with Crippen LogP contribution in [0.1, 0.15) is 38.2 Å². The minimum atomic E-state index is -4.41. The zero-order valence-corrected chi connectivity index (χ0v) is 13.9. The van der Waals surface area contributed by atoms with Gasteiger partial charge in [-0.15, -0.1) is 0 Å². The van der Waals surface area contributed by atoms with Crippen LogP contribution in [-0.4, -0.2) is 24.2 Å². The molecule has 3 N–H and O–H groups in total. The van der Waals surface area contributed by atoms with Gasteiger partial charge < -0.3 is 15.8 Å². The van der Waals surface area contributed by atoms with Crippen LogP contribution in [0, 0.1) is 12.8 Å². The number of benzene rings is 1. The summed E-state index contributed by atoms with van der Waals surface area (Å²) >= 11 is 0. The lowest BCUT2D eigenvalue weighted by Gasteiger charge is -2.37. The summed E-state index contributed by atoms with van der Waals surface area (Å²) in [7, 11) is 0. The number of rotatable bonds is 4. The van der Waals surface area contributed by atoms with Crippen molar-refractivity contribution in [3.63, 3.8) is 0 Å². The second kappa shape index (κ2) is 7.01. The molecule has 2 unspecified atom stereocenters. The monoisotopic (exact) mass is 344 g/mol. The van der Waals surface area contributed by atoms with E-state index in [0.29, 0.717) is 17.7 Å². The summed E-state index contributed by atoms with van der Waals surface area (Å²) in [6, 6.07) is 4.64. The van der Waals surface area contributed by atoms with Gasteiger partial charge in [-0.3, -0.25) is 4.79 Å².